The van der Waals surface area contributed by atoms with E-state index >= 15 is 0 Å². The lowest BCUT2D eigenvalue weighted by molar-refractivity contribution is -0.139. The Morgan fingerprint density at radius 1 is 1.15 bits per heavy atom. The summed E-state index contributed by atoms with van der Waals surface area (Å²) >= 11 is 0. The number of pyridine rings is 1. The van der Waals surface area contributed by atoms with Gasteiger partial charge in [0.15, 0.2) is 0 Å². The molecule has 0 spiro atoms. The zero-order valence-corrected chi connectivity index (χ0v) is 16.7. The van der Waals surface area contributed by atoms with Crippen LogP contribution in [-0.4, -0.2) is 34.2 Å². The van der Waals surface area contributed by atoms with Gasteiger partial charge in [0.25, 0.3) is 5.56 Å². The van der Waals surface area contributed by atoms with Crippen LogP contribution in [0.1, 0.15) is 70.4 Å². The summed E-state index contributed by atoms with van der Waals surface area (Å²) in [5.41, 5.74) is 1.14. The average Bonchev–Trinajstić information content (AvgIpc) is 2.64. The van der Waals surface area contributed by atoms with Gasteiger partial charge in [0.1, 0.15) is 5.78 Å². The van der Waals surface area contributed by atoms with Gasteiger partial charge >= 0.3 is 0 Å². The first-order valence-corrected chi connectivity index (χ1v) is 10.5. The van der Waals surface area contributed by atoms with Crippen LogP contribution < -0.4 is 5.56 Å². The van der Waals surface area contributed by atoms with Crippen LogP contribution in [0, 0.1) is 11.8 Å². The van der Waals surface area contributed by atoms with Crippen molar-refractivity contribution >= 4 is 11.7 Å². The monoisotopic (exact) mass is 372 g/mol. The maximum Gasteiger partial charge on any atom is 0.250 e. The highest BCUT2D eigenvalue weighted by Crippen LogP contribution is 2.36. The average molecular weight is 373 g/mol. The minimum Gasteiger partial charge on any atom is -0.341 e. The fourth-order valence-electron chi connectivity index (χ4n) is 4.74. The molecule has 3 atom stereocenters. The van der Waals surface area contributed by atoms with Crippen molar-refractivity contribution in [2.45, 2.75) is 71.3 Å². The molecule has 0 N–H and O–H groups in total. The van der Waals surface area contributed by atoms with E-state index in [1.807, 2.05) is 21.6 Å². The SMILES string of the molecule is CCCCC[C@H](CCC(C)=O)C(=O)N1C[C@@H]2C[C@H](C1)c1cccc(=O)n1C2. The summed E-state index contributed by atoms with van der Waals surface area (Å²) in [6.45, 7) is 5.91. The van der Waals surface area contributed by atoms with Gasteiger partial charge in [-0.25, -0.2) is 0 Å². The number of unbranched alkanes of at least 4 members (excludes halogenated alkanes) is 2. The maximum atomic E-state index is 13.3. The second-order valence-electron chi connectivity index (χ2n) is 8.37. The number of carbonyl (C=O) groups excluding carboxylic acids is 2. The lowest BCUT2D eigenvalue weighted by Crippen LogP contribution is -2.50. The normalized spacial score (nSPS) is 22.2. The van der Waals surface area contributed by atoms with Gasteiger partial charge in [-0.3, -0.25) is 9.59 Å². The molecule has 0 radical (unpaired) electrons. The molecule has 1 saturated heterocycles. The fraction of sp³-hybridized carbons (Fsp3) is 0.682. The molecule has 3 heterocycles. The Bertz CT molecular complexity index is 739. The highest BCUT2D eigenvalue weighted by atomic mass is 16.2. The molecular formula is C22H32N2O3. The zero-order chi connectivity index (χ0) is 19.4. The van der Waals surface area contributed by atoms with Gasteiger partial charge in [-0.1, -0.05) is 32.3 Å². The fourth-order valence-corrected chi connectivity index (χ4v) is 4.74. The van der Waals surface area contributed by atoms with E-state index in [0.717, 1.165) is 44.3 Å². The predicted octanol–water partition coefficient (Wildman–Crippen LogP) is 3.36. The summed E-state index contributed by atoms with van der Waals surface area (Å²) < 4.78 is 1.90. The van der Waals surface area contributed by atoms with Crippen LogP contribution in [0.3, 0.4) is 0 Å². The van der Waals surface area contributed by atoms with E-state index in [4.69, 9.17) is 0 Å². The second-order valence-corrected chi connectivity index (χ2v) is 8.37. The van der Waals surface area contributed by atoms with Crippen molar-refractivity contribution in [3.63, 3.8) is 0 Å². The highest BCUT2D eigenvalue weighted by Gasteiger charge is 2.37. The molecule has 2 aliphatic rings. The molecule has 1 amide bonds. The Labute approximate surface area is 161 Å². The standard InChI is InChI=1S/C22H32N2O3/c1-3-4-5-7-18(11-10-16(2)25)22(27)23-13-17-12-19(15-23)20-8-6-9-21(26)24(20)14-17/h6,8-9,17-19H,3-5,7,10-15H2,1-2H3/t17-,18+,19+/m0/s1. The van der Waals surface area contributed by atoms with Gasteiger partial charge in [0.2, 0.25) is 5.91 Å². The summed E-state index contributed by atoms with van der Waals surface area (Å²) in [6, 6.07) is 5.49. The first-order chi connectivity index (χ1) is 13.0. The van der Waals surface area contributed by atoms with Crippen molar-refractivity contribution in [1.29, 1.82) is 0 Å². The smallest absolute Gasteiger partial charge is 0.250 e. The van der Waals surface area contributed by atoms with Crippen molar-refractivity contribution in [3.8, 4) is 0 Å². The number of piperidine rings is 1. The van der Waals surface area contributed by atoms with Crippen LogP contribution in [-0.2, 0) is 16.1 Å². The number of nitrogens with zero attached hydrogens (tertiary/aromatic N) is 2. The van der Waals surface area contributed by atoms with Crippen LogP contribution in [0.2, 0.25) is 0 Å². The van der Waals surface area contributed by atoms with Crippen LogP contribution in [0.15, 0.2) is 23.0 Å². The molecule has 0 saturated carbocycles. The van der Waals surface area contributed by atoms with Gasteiger partial charge in [-0.05, 0) is 38.2 Å². The lowest BCUT2D eigenvalue weighted by Gasteiger charge is -2.43. The summed E-state index contributed by atoms with van der Waals surface area (Å²) in [4.78, 5) is 38.9. The molecule has 5 nitrogen and oxygen atoms in total. The number of Topliss-reactive ketones (excluding diaryl/α,β-unsaturated/α-hetero) is 1. The number of hydrogen-bond donors (Lipinski definition) is 0. The van der Waals surface area contributed by atoms with E-state index in [9.17, 15) is 14.4 Å². The molecule has 2 bridgehead atoms. The Morgan fingerprint density at radius 3 is 2.70 bits per heavy atom. The number of aromatic nitrogens is 1. The van der Waals surface area contributed by atoms with E-state index in [1.54, 1.807) is 13.0 Å². The molecule has 3 rings (SSSR count). The summed E-state index contributed by atoms with van der Waals surface area (Å²) in [6.07, 6.45) is 6.40. The molecule has 0 unspecified atom stereocenters. The number of ketones is 1. The first-order valence-electron chi connectivity index (χ1n) is 10.5. The third kappa shape index (κ3) is 4.69. The number of fused-ring (bicyclic) bond motifs is 4. The van der Waals surface area contributed by atoms with Crippen molar-refractivity contribution in [3.05, 3.63) is 34.2 Å². The van der Waals surface area contributed by atoms with E-state index in [0.29, 0.717) is 31.8 Å². The van der Waals surface area contributed by atoms with Crippen LogP contribution in [0.4, 0.5) is 0 Å². The van der Waals surface area contributed by atoms with Gasteiger partial charge < -0.3 is 14.3 Å². The molecule has 0 aromatic carbocycles. The molecule has 1 aromatic rings. The Kier molecular flexibility index (Phi) is 6.51. The van der Waals surface area contributed by atoms with Crippen LogP contribution in [0.5, 0.6) is 0 Å². The second kappa shape index (κ2) is 8.85. The quantitative estimate of drug-likeness (QED) is 0.658. The van der Waals surface area contributed by atoms with Crippen molar-refractivity contribution < 1.29 is 9.59 Å². The van der Waals surface area contributed by atoms with E-state index in [1.165, 1.54) is 0 Å². The number of rotatable bonds is 8. The number of likely N-dealkylation sites (tertiary alicyclic amines) is 1. The first kappa shape index (κ1) is 19.8. The van der Waals surface area contributed by atoms with Crippen molar-refractivity contribution in [1.82, 2.24) is 9.47 Å². The maximum absolute atomic E-state index is 13.3. The van der Waals surface area contributed by atoms with Gasteiger partial charge in [0, 0.05) is 49.7 Å². The Morgan fingerprint density at radius 2 is 1.96 bits per heavy atom. The molecule has 1 aromatic heterocycles. The summed E-state index contributed by atoms with van der Waals surface area (Å²) in [5, 5.41) is 0. The van der Waals surface area contributed by atoms with Gasteiger partial charge in [0.05, 0.1) is 0 Å². The third-order valence-corrected chi connectivity index (χ3v) is 6.14. The summed E-state index contributed by atoms with van der Waals surface area (Å²) in [7, 11) is 0. The van der Waals surface area contributed by atoms with Crippen molar-refractivity contribution in [2.24, 2.45) is 11.8 Å². The zero-order valence-electron chi connectivity index (χ0n) is 16.7. The van der Waals surface area contributed by atoms with E-state index in [2.05, 4.69) is 6.92 Å². The number of amides is 1. The lowest BCUT2D eigenvalue weighted by atomic mass is 9.82. The Balaban J connectivity index is 1.72. The molecule has 2 aliphatic heterocycles. The largest absolute Gasteiger partial charge is 0.341 e. The predicted molar refractivity (Wildman–Crippen MR) is 106 cm³/mol. The van der Waals surface area contributed by atoms with E-state index in [-0.39, 0.29) is 29.1 Å². The minimum atomic E-state index is -0.0442. The molecule has 27 heavy (non-hydrogen) atoms. The van der Waals surface area contributed by atoms with Gasteiger partial charge in [-0.15, -0.1) is 0 Å². The third-order valence-electron chi connectivity index (χ3n) is 6.14. The molecule has 148 valence electrons. The van der Waals surface area contributed by atoms with Gasteiger partial charge in [-0.2, -0.15) is 0 Å². The highest BCUT2D eigenvalue weighted by molar-refractivity contribution is 5.81. The number of carbonyl (C=O) groups is 2. The van der Waals surface area contributed by atoms with Crippen LogP contribution >= 0.6 is 0 Å². The number of hydrogen-bond acceptors (Lipinski definition) is 3. The Hall–Kier alpha value is -1.91. The molecule has 0 aliphatic carbocycles. The molecule has 5 heteroatoms. The minimum absolute atomic E-state index is 0.0442. The van der Waals surface area contributed by atoms with Crippen molar-refractivity contribution in [2.75, 3.05) is 13.1 Å². The molecular weight excluding hydrogens is 340 g/mol. The van der Waals surface area contributed by atoms with E-state index < -0.39 is 0 Å². The molecule has 1 fully saturated rings. The van der Waals surface area contributed by atoms with Crippen LogP contribution in [0.25, 0.3) is 0 Å². The summed E-state index contributed by atoms with van der Waals surface area (Å²) in [5.74, 6) is 0.932. The topological polar surface area (TPSA) is 59.4 Å².